The van der Waals surface area contributed by atoms with Crippen LogP contribution in [0.4, 0.5) is 0 Å². The van der Waals surface area contributed by atoms with Crippen molar-refractivity contribution in [2.45, 2.75) is 0 Å². The summed E-state index contributed by atoms with van der Waals surface area (Å²) in [5, 5.41) is 10.9. The molecular weight excluding hydrogens is 403 g/mol. The minimum absolute atomic E-state index is 0.0360. The molecule has 2 N–H and O–H groups in total. The van der Waals surface area contributed by atoms with Gasteiger partial charge in [0, 0.05) is 0 Å². The summed E-state index contributed by atoms with van der Waals surface area (Å²) in [5.41, 5.74) is 0. The second kappa shape index (κ2) is 10.5. The molecule has 0 spiro atoms. The van der Waals surface area contributed by atoms with Crippen molar-refractivity contribution in [1.29, 1.82) is 5.41 Å². The van der Waals surface area contributed by atoms with Crippen LogP contribution >= 0.6 is 7.60 Å². The van der Waals surface area contributed by atoms with E-state index < -0.39 is 7.60 Å². The predicted molar refractivity (Wildman–Crippen MR) is 116 cm³/mol. The summed E-state index contributed by atoms with van der Waals surface area (Å²) < 4.78 is 35.2. The van der Waals surface area contributed by atoms with Crippen molar-refractivity contribution < 1.29 is 23.1 Å². The van der Waals surface area contributed by atoms with E-state index in [1.165, 1.54) is 0 Å². The highest BCUT2D eigenvalue weighted by atomic mass is 31.2. The number of hydrogen-bond acceptors (Lipinski definition) is 7. The molecule has 0 saturated carbocycles. The molecule has 0 aliphatic rings. The molecule has 0 saturated heterocycles. The van der Waals surface area contributed by atoms with E-state index >= 15 is 0 Å². The predicted octanol–water partition coefficient (Wildman–Crippen LogP) is 4.95. The molecule has 0 radical (unpaired) electrons. The molecule has 0 unspecified atom stereocenters. The van der Waals surface area contributed by atoms with Crippen molar-refractivity contribution in [3.8, 4) is 23.0 Å². The van der Waals surface area contributed by atoms with Crippen LogP contribution in [0.3, 0.4) is 0 Å². The monoisotopic (exact) mass is 426 g/mol. The summed E-state index contributed by atoms with van der Waals surface area (Å²) in [6.45, 7) is 0.0479. The molecule has 0 aliphatic carbocycles. The van der Waals surface area contributed by atoms with Crippen molar-refractivity contribution in [3.63, 3.8) is 0 Å². The van der Waals surface area contributed by atoms with Crippen molar-refractivity contribution in [2.75, 3.05) is 19.9 Å². The molecular formula is C22H23N2O5P. The molecule has 3 aromatic rings. The Bertz CT molecular complexity index is 936. The fraction of sp³-hybridized carbons (Fsp3) is 0.136. The van der Waals surface area contributed by atoms with Gasteiger partial charge in [0.05, 0.1) is 13.7 Å². The van der Waals surface area contributed by atoms with Gasteiger partial charge in [-0.1, -0.05) is 36.4 Å². The lowest BCUT2D eigenvalue weighted by Gasteiger charge is -2.20. The van der Waals surface area contributed by atoms with Gasteiger partial charge >= 0.3 is 7.60 Å². The minimum Gasteiger partial charge on any atom is -0.497 e. The van der Waals surface area contributed by atoms with Crippen LogP contribution in [-0.2, 0) is 4.57 Å². The van der Waals surface area contributed by atoms with Gasteiger partial charge < -0.3 is 18.5 Å². The fourth-order valence-electron chi connectivity index (χ4n) is 2.50. The molecule has 30 heavy (non-hydrogen) atoms. The molecule has 3 aromatic carbocycles. The van der Waals surface area contributed by atoms with E-state index in [0.29, 0.717) is 23.0 Å². The molecule has 156 valence electrons. The quantitative estimate of drug-likeness (QED) is 0.271. The van der Waals surface area contributed by atoms with Crippen LogP contribution in [0.15, 0.2) is 84.9 Å². The molecule has 0 atom stereocenters. The maximum atomic E-state index is 13.3. The molecule has 0 fully saturated rings. The summed E-state index contributed by atoms with van der Waals surface area (Å²) in [7, 11) is -2.01. The Hall–Kier alpha value is -3.28. The largest absolute Gasteiger partial charge is 0.497 e. The van der Waals surface area contributed by atoms with Gasteiger partial charge in [0.15, 0.2) is 0 Å². The lowest BCUT2D eigenvalue weighted by Crippen LogP contribution is -2.28. The van der Waals surface area contributed by atoms with Gasteiger partial charge in [0.25, 0.3) is 0 Å². The van der Waals surface area contributed by atoms with E-state index in [1.54, 1.807) is 79.9 Å². The van der Waals surface area contributed by atoms with Crippen LogP contribution in [0.2, 0.25) is 0 Å². The van der Waals surface area contributed by atoms with E-state index in [9.17, 15) is 4.57 Å². The molecule has 7 nitrogen and oxygen atoms in total. The van der Waals surface area contributed by atoms with E-state index in [2.05, 4.69) is 5.32 Å². The summed E-state index contributed by atoms with van der Waals surface area (Å²) in [5.74, 6) is 2.04. The smallest absolute Gasteiger partial charge is 0.444 e. The molecule has 0 heterocycles. The van der Waals surface area contributed by atoms with Gasteiger partial charge in [-0.3, -0.25) is 10.7 Å². The fourth-order valence-corrected chi connectivity index (χ4v) is 3.93. The summed E-state index contributed by atoms with van der Waals surface area (Å²) in [6, 6.07) is 24.5. The normalized spacial score (nSPS) is 10.8. The van der Waals surface area contributed by atoms with Crippen LogP contribution in [-0.4, -0.2) is 25.8 Å². The maximum Gasteiger partial charge on any atom is 0.444 e. The maximum absolute atomic E-state index is 13.3. The van der Waals surface area contributed by atoms with Gasteiger partial charge in [0.2, 0.25) is 5.90 Å². The third-order valence-electron chi connectivity index (χ3n) is 3.87. The highest BCUT2D eigenvalue weighted by molar-refractivity contribution is 7.54. The number of methoxy groups -OCH3 is 1. The van der Waals surface area contributed by atoms with Crippen LogP contribution in [0, 0.1) is 5.41 Å². The molecule has 0 aliphatic heterocycles. The number of benzene rings is 3. The second-order valence-electron chi connectivity index (χ2n) is 6.21. The van der Waals surface area contributed by atoms with Gasteiger partial charge in [-0.15, -0.1) is 0 Å². The summed E-state index contributed by atoms with van der Waals surface area (Å²) in [6.07, 6.45) is -0.106. The number of hydrogen-bond donors (Lipinski definition) is 2. The summed E-state index contributed by atoms with van der Waals surface area (Å²) >= 11 is 0. The average molecular weight is 426 g/mol. The molecule has 8 heteroatoms. The Balaban J connectivity index is 1.59. The first-order chi connectivity index (χ1) is 14.6. The van der Waals surface area contributed by atoms with Crippen molar-refractivity contribution in [1.82, 2.24) is 5.32 Å². The molecule has 0 bridgehead atoms. The first-order valence-electron chi connectivity index (χ1n) is 9.25. The zero-order valence-corrected chi connectivity index (χ0v) is 17.4. The third kappa shape index (κ3) is 6.65. The van der Waals surface area contributed by atoms with Crippen LogP contribution in [0.5, 0.6) is 23.0 Å². The van der Waals surface area contributed by atoms with E-state index in [1.807, 2.05) is 12.1 Å². The van der Waals surface area contributed by atoms with E-state index in [4.69, 9.17) is 23.9 Å². The van der Waals surface area contributed by atoms with Gasteiger partial charge in [0.1, 0.15) is 29.3 Å². The van der Waals surface area contributed by atoms with Crippen molar-refractivity contribution in [3.05, 3.63) is 84.9 Å². The number of ether oxygens (including phenoxy) is 2. The zero-order chi connectivity index (χ0) is 21.2. The Labute approximate surface area is 175 Å². The number of rotatable bonds is 10. The Morgan fingerprint density at radius 1 is 0.800 bits per heavy atom. The molecule has 0 amide bonds. The van der Waals surface area contributed by atoms with Crippen LogP contribution in [0.25, 0.3) is 0 Å². The number of para-hydroxylation sites is 2. The second-order valence-corrected chi connectivity index (χ2v) is 8.11. The third-order valence-corrected chi connectivity index (χ3v) is 5.46. The molecule has 3 rings (SSSR count). The van der Waals surface area contributed by atoms with E-state index in [0.717, 1.165) is 0 Å². The Kier molecular flexibility index (Phi) is 7.49. The topological polar surface area (TPSA) is 89.9 Å². The van der Waals surface area contributed by atoms with Gasteiger partial charge in [-0.25, -0.2) is 4.57 Å². The standard InChI is InChI=1S/C22H23N2O5P/c1-26-18-12-14-19(15-13-18)27-22(23)16-24-17-30(25,28-20-8-4-2-5-9-20)29-21-10-6-3-7-11-21/h2-15,23-24H,16-17H2,1H3. The zero-order valence-electron chi connectivity index (χ0n) is 16.5. The van der Waals surface area contributed by atoms with Crippen LogP contribution < -0.4 is 23.8 Å². The minimum atomic E-state index is -3.59. The van der Waals surface area contributed by atoms with Gasteiger partial charge in [-0.05, 0) is 48.5 Å². The first kappa shape index (κ1) is 21.4. The van der Waals surface area contributed by atoms with Crippen molar-refractivity contribution in [2.24, 2.45) is 0 Å². The first-order valence-corrected chi connectivity index (χ1v) is 11.0. The Morgan fingerprint density at radius 3 is 1.80 bits per heavy atom. The van der Waals surface area contributed by atoms with Gasteiger partial charge in [-0.2, -0.15) is 0 Å². The average Bonchev–Trinajstić information content (AvgIpc) is 2.75. The SMILES string of the molecule is COc1ccc(OC(=N)CNCP(=O)(Oc2ccccc2)Oc2ccccc2)cc1. The summed E-state index contributed by atoms with van der Waals surface area (Å²) in [4.78, 5) is 0. The lowest BCUT2D eigenvalue weighted by atomic mass is 10.3. The highest BCUT2D eigenvalue weighted by Crippen LogP contribution is 2.47. The highest BCUT2D eigenvalue weighted by Gasteiger charge is 2.28. The van der Waals surface area contributed by atoms with E-state index in [-0.39, 0.29) is 18.7 Å². The van der Waals surface area contributed by atoms with Crippen LogP contribution in [0.1, 0.15) is 0 Å². The number of nitrogens with one attached hydrogen (secondary N) is 2. The van der Waals surface area contributed by atoms with Crippen molar-refractivity contribution >= 4 is 13.5 Å². The Morgan fingerprint density at radius 2 is 1.30 bits per heavy atom. The lowest BCUT2D eigenvalue weighted by molar-refractivity contribution is 0.381. The molecule has 0 aromatic heterocycles.